The van der Waals surface area contributed by atoms with Crippen LogP contribution in [0.2, 0.25) is 0 Å². The maximum atomic E-state index is 14.7. The Kier molecular flexibility index (Phi) is 29.9. The third kappa shape index (κ3) is 22.9. The predicted molar refractivity (Wildman–Crippen MR) is 346 cm³/mol. The number of nitrogens with zero attached hydrogens (tertiary/aromatic N) is 4. The predicted octanol–water partition coefficient (Wildman–Crippen LogP) is 1.29. The van der Waals surface area contributed by atoms with Crippen molar-refractivity contribution in [2.45, 2.75) is 193 Å². The Balaban J connectivity index is 1.77. The Morgan fingerprint density at radius 2 is 0.967 bits per heavy atom. The molecule has 1 unspecified atom stereocenters. The van der Waals surface area contributed by atoms with Crippen molar-refractivity contribution in [1.82, 2.24) is 62.1 Å². The molecule has 1 fully saturated rings. The molecule has 25 nitrogen and oxygen atoms in total. The SMILES string of the molecule is CC(C)C[C@@H]1NC(=O)[C@H](NC(=O)[C@H](Cc2ccccc2)NC(=O)C(C)O)CCCCNC(=O)[C@H](C)NC(=O)[C@H](Cc2ccccc2)NC(=O)[C@H](C)NC(=O)[C@H](C)N(C)C(=O)[C@H](Cc2ccccc2)N(C)C(=O)[C@H](C)NC(=O)[C@H](CC(C)C)N(C)C(=O)[C@H](C)N(C)C1=O. The number of likely N-dealkylation sites (N-methyl/N-ethyl adjacent to an activating group) is 4. The summed E-state index contributed by atoms with van der Waals surface area (Å²) >= 11 is 0. The number of benzene rings is 3. The first-order valence-corrected chi connectivity index (χ1v) is 31.6. The first-order valence-electron chi connectivity index (χ1n) is 31.6. The second-order valence-corrected chi connectivity index (χ2v) is 24.9. The topological polar surface area (TPSA) is 334 Å². The van der Waals surface area contributed by atoms with Crippen molar-refractivity contribution in [3.63, 3.8) is 0 Å². The molecule has 0 radical (unpaired) electrons. The second kappa shape index (κ2) is 36.3. The van der Waals surface area contributed by atoms with Gasteiger partial charge in [0.1, 0.15) is 72.6 Å². The minimum atomic E-state index is -1.49. The van der Waals surface area contributed by atoms with Crippen LogP contribution in [0.25, 0.3) is 0 Å². The zero-order valence-electron chi connectivity index (χ0n) is 55.7. The fourth-order valence-electron chi connectivity index (χ4n) is 10.4. The molecule has 25 heteroatoms. The molecular weight excluding hydrogens is 1180 g/mol. The second-order valence-electron chi connectivity index (χ2n) is 24.9. The van der Waals surface area contributed by atoms with Gasteiger partial charge in [0, 0.05) is 54.0 Å². The number of aliphatic hydroxyl groups excluding tert-OH is 1. The van der Waals surface area contributed by atoms with E-state index in [-0.39, 0.29) is 69.7 Å². The number of aliphatic hydroxyl groups is 1. The monoisotopic (exact) mass is 1280 g/mol. The fourth-order valence-corrected chi connectivity index (χ4v) is 10.4. The minimum absolute atomic E-state index is 0.0104. The molecule has 0 aromatic heterocycles. The molecule has 0 aliphatic carbocycles. The summed E-state index contributed by atoms with van der Waals surface area (Å²) in [4.78, 5) is 175. The average molecular weight is 1280 g/mol. The molecule has 3 aromatic rings. The van der Waals surface area contributed by atoms with E-state index in [1.165, 1.54) is 79.5 Å². The first-order chi connectivity index (χ1) is 43.3. The van der Waals surface area contributed by atoms with E-state index in [2.05, 4.69) is 42.5 Å². The molecule has 12 atom stereocenters. The standard InChI is InChI=1S/C67H98N12O13/c1-39(2)34-53-66(91)77(12)45(9)65(90)78(13)54(35-40(3)4)63(88)71-43(7)64(89)79(14)55(38-49-30-22-17-23-31-49)67(92)76(11)44(8)58(83)69-42(6)57(82)73-51(36-47-26-18-15-19-27-47)61(86)70-41(5)56(81)68-33-25-24-32-50(60(85)75-53)72-62(87)52(74-59(84)46(10)80)37-48-28-20-16-21-29-48/h15-23,26-31,39-46,50-55,80H,24-25,32-38H2,1-14H3,(H,68,81)(H,69,83)(H,70,86)(H,71,88)(H,72,87)(H,73,82)(H,74,84)(H,75,85)/t41-,42-,43-,44-,45-,46?,50+,51-,52-,53-,54-,55-/m0/s1. The summed E-state index contributed by atoms with van der Waals surface area (Å²) in [6.45, 7) is 15.8. The van der Waals surface area contributed by atoms with E-state index in [4.69, 9.17) is 0 Å². The Morgan fingerprint density at radius 1 is 0.478 bits per heavy atom. The summed E-state index contributed by atoms with van der Waals surface area (Å²) in [5, 5.41) is 31.8. The highest BCUT2D eigenvalue weighted by Gasteiger charge is 2.40. The fraction of sp³-hybridized carbons (Fsp3) is 0.552. The van der Waals surface area contributed by atoms with Crippen LogP contribution in [-0.4, -0.2) is 203 Å². The lowest BCUT2D eigenvalue weighted by molar-refractivity contribution is -0.150. The highest BCUT2D eigenvalue weighted by Crippen LogP contribution is 2.19. The Labute approximate surface area is 541 Å². The number of carbonyl (C=O) groups is 12. The third-order valence-corrected chi connectivity index (χ3v) is 16.4. The van der Waals surface area contributed by atoms with E-state index in [9.17, 15) is 62.6 Å². The van der Waals surface area contributed by atoms with Crippen molar-refractivity contribution in [3.8, 4) is 0 Å². The highest BCUT2D eigenvalue weighted by atomic mass is 16.3. The van der Waals surface area contributed by atoms with Crippen molar-refractivity contribution in [2.75, 3.05) is 34.7 Å². The van der Waals surface area contributed by atoms with Crippen molar-refractivity contribution in [2.24, 2.45) is 11.8 Å². The highest BCUT2D eigenvalue weighted by molar-refractivity contribution is 5.99. The maximum Gasteiger partial charge on any atom is 0.249 e. The van der Waals surface area contributed by atoms with Crippen LogP contribution in [0.5, 0.6) is 0 Å². The average Bonchev–Trinajstić information content (AvgIpc) is 1.24. The molecule has 0 saturated carbocycles. The van der Waals surface area contributed by atoms with Gasteiger partial charge in [0.2, 0.25) is 70.9 Å². The number of carbonyl (C=O) groups excluding carboxylic acids is 12. The van der Waals surface area contributed by atoms with E-state index in [1.54, 1.807) is 91.0 Å². The van der Waals surface area contributed by atoms with Crippen LogP contribution in [0.3, 0.4) is 0 Å². The molecule has 4 rings (SSSR count). The van der Waals surface area contributed by atoms with Gasteiger partial charge in [0.25, 0.3) is 0 Å². The molecular formula is C67H98N12O13. The molecule has 9 N–H and O–H groups in total. The van der Waals surface area contributed by atoms with Crippen LogP contribution in [-0.2, 0) is 76.8 Å². The molecule has 1 saturated heterocycles. The van der Waals surface area contributed by atoms with Gasteiger partial charge in [-0.25, -0.2) is 0 Å². The summed E-state index contributed by atoms with van der Waals surface area (Å²) in [6.07, 6.45) is -0.965. The molecule has 0 bridgehead atoms. The van der Waals surface area contributed by atoms with Gasteiger partial charge >= 0.3 is 0 Å². The molecule has 1 heterocycles. The Hall–Kier alpha value is -8.74. The van der Waals surface area contributed by atoms with Crippen molar-refractivity contribution >= 4 is 70.9 Å². The molecule has 1 aliphatic heterocycles. The summed E-state index contributed by atoms with van der Waals surface area (Å²) in [7, 11) is 5.58. The van der Waals surface area contributed by atoms with Crippen LogP contribution in [0, 0.1) is 11.8 Å². The van der Waals surface area contributed by atoms with Gasteiger partial charge in [0.05, 0.1) is 0 Å². The van der Waals surface area contributed by atoms with Gasteiger partial charge in [-0.2, -0.15) is 0 Å². The zero-order chi connectivity index (χ0) is 68.7. The lowest BCUT2D eigenvalue weighted by Gasteiger charge is -2.36. The van der Waals surface area contributed by atoms with E-state index < -0.39 is 143 Å². The molecule has 3 aromatic carbocycles. The van der Waals surface area contributed by atoms with Crippen LogP contribution in [0.15, 0.2) is 91.0 Å². The number of nitrogens with one attached hydrogen (secondary N) is 8. The molecule has 12 amide bonds. The quantitative estimate of drug-likeness (QED) is 0.110. The number of amides is 12. The number of hydrogen-bond donors (Lipinski definition) is 9. The Morgan fingerprint density at radius 3 is 1.52 bits per heavy atom. The molecule has 0 spiro atoms. The third-order valence-electron chi connectivity index (χ3n) is 16.4. The van der Waals surface area contributed by atoms with E-state index in [0.717, 1.165) is 9.80 Å². The van der Waals surface area contributed by atoms with Crippen LogP contribution < -0.4 is 42.5 Å². The lowest BCUT2D eigenvalue weighted by atomic mass is 9.99. The van der Waals surface area contributed by atoms with Crippen molar-refractivity contribution in [1.29, 1.82) is 0 Å². The molecule has 504 valence electrons. The number of hydrogen-bond acceptors (Lipinski definition) is 13. The summed E-state index contributed by atoms with van der Waals surface area (Å²) in [5.41, 5.74) is 1.99. The molecule has 1 aliphatic rings. The van der Waals surface area contributed by atoms with Gasteiger partial charge in [-0.05, 0) is 102 Å². The van der Waals surface area contributed by atoms with E-state index in [0.29, 0.717) is 16.7 Å². The van der Waals surface area contributed by atoms with Crippen molar-refractivity contribution in [3.05, 3.63) is 108 Å². The van der Waals surface area contributed by atoms with Gasteiger partial charge in [-0.1, -0.05) is 119 Å². The van der Waals surface area contributed by atoms with Gasteiger partial charge in [-0.3, -0.25) is 57.5 Å². The Bertz CT molecular complexity index is 3010. The lowest BCUT2D eigenvalue weighted by Crippen LogP contribution is -2.60. The maximum absolute atomic E-state index is 14.7. The number of rotatable bonds is 14. The first kappa shape index (κ1) is 75.7. The zero-order valence-corrected chi connectivity index (χ0v) is 55.7. The van der Waals surface area contributed by atoms with E-state index >= 15 is 0 Å². The van der Waals surface area contributed by atoms with Crippen LogP contribution >= 0.6 is 0 Å². The van der Waals surface area contributed by atoms with E-state index in [1.807, 2.05) is 27.7 Å². The van der Waals surface area contributed by atoms with Gasteiger partial charge < -0.3 is 67.2 Å². The largest absolute Gasteiger partial charge is 0.384 e. The van der Waals surface area contributed by atoms with Crippen LogP contribution in [0.4, 0.5) is 0 Å². The minimum Gasteiger partial charge on any atom is -0.384 e. The summed E-state index contributed by atoms with van der Waals surface area (Å²) in [6, 6.07) is 12.7. The van der Waals surface area contributed by atoms with Gasteiger partial charge in [0.15, 0.2) is 0 Å². The van der Waals surface area contributed by atoms with Gasteiger partial charge in [-0.15, -0.1) is 0 Å². The normalized spacial score (nSPS) is 24.9. The molecule has 92 heavy (non-hydrogen) atoms. The summed E-state index contributed by atoms with van der Waals surface area (Å²) < 4.78 is 0. The summed E-state index contributed by atoms with van der Waals surface area (Å²) in [5.74, 6) is -8.97. The van der Waals surface area contributed by atoms with Crippen molar-refractivity contribution < 1.29 is 62.6 Å². The smallest absolute Gasteiger partial charge is 0.249 e. The van der Waals surface area contributed by atoms with Crippen LogP contribution in [0.1, 0.15) is 118 Å².